The number of aromatic nitrogens is 3. The van der Waals surface area contributed by atoms with Crippen LogP contribution in [0.4, 0.5) is 5.82 Å². The summed E-state index contributed by atoms with van der Waals surface area (Å²) >= 11 is 0. The lowest BCUT2D eigenvalue weighted by Gasteiger charge is -2.33. The number of hydrogen-bond donors (Lipinski definition) is 2. The highest BCUT2D eigenvalue weighted by Gasteiger charge is 2.27. The molecule has 0 saturated carbocycles. The average molecular weight is 500 g/mol. The first-order valence-electron chi connectivity index (χ1n) is 12.1. The summed E-state index contributed by atoms with van der Waals surface area (Å²) in [7, 11) is 1.58. The van der Waals surface area contributed by atoms with Gasteiger partial charge in [0, 0.05) is 24.8 Å². The third-order valence-corrected chi connectivity index (χ3v) is 6.75. The molecule has 5 rings (SSSR count). The second-order valence-corrected chi connectivity index (χ2v) is 9.18. The number of nitrogens with one attached hydrogen (secondary N) is 1. The Morgan fingerprint density at radius 1 is 1.24 bits per heavy atom. The van der Waals surface area contributed by atoms with E-state index in [-0.39, 0.29) is 23.3 Å². The molecule has 190 valence electrons. The SMILES string of the molecule is C=CC(=O)N1CCCC(n2cc(-c3ccc(Oc4cccc(C)c4)c(OC)c3)c3c(N)n[nH]c(=O)c32)C1. The van der Waals surface area contributed by atoms with E-state index in [2.05, 4.69) is 16.8 Å². The zero-order valence-corrected chi connectivity index (χ0v) is 20.9. The third kappa shape index (κ3) is 4.55. The number of H-pyrrole nitrogens is 1. The number of aryl methyl sites for hydroxylation is 1. The zero-order chi connectivity index (χ0) is 26.1. The monoisotopic (exact) mass is 499 g/mol. The molecule has 9 heteroatoms. The summed E-state index contributed by atoms with van der Waals surface area (Å²) in [5.74, 6) is 1.91. The summed E-state index contributed by atoms with van der Waals surface area (Å²) in [5.41, 5.74) is 9.02. The van der Waals surface area contributed by atoms with E-state index in [1.807, 2.05) is 60.2 Å². The highest BCUT2D eigenvalue weighted by Crippen LogP contribution is 2.40. The van der Waals surface area contributed by atoms with Gasteiger partial charge in [-0.15, -0.1) is 0 Å². The van der Waals surface area contributed by atoms with Crippen molar-refractivity contribution in [1.82, 2.24) is 19.7 Å². The number of amides is 1. The highest BCUT2D eigenvalue weighted by molar-refractivity contribution is 6.02. The average Bonchev–Trinajstić information content (AvgIpc) is 3.33. The minimum Gasteiger partial charge on any atom is -0.493 e. The van der Waals surface area contributed by atoms with Crippen molar-refractivity contribution in [2.45, 2.75) is 25.8 Å². The number of rotatable bonds is 6. The normalized spacial score (nSPS) is 15.5. The van der Waals surface area contributed by atoms with Crippen molar-refractivity contribution in [2.75, 3.05) is 25.9 Å². The predicted octanol–water partition coefficient (Wildman–Crippen LogP) is 4.43. The van der Waals surface area contributed by atoms with Gasteiger partial charge in [-0.3, -0.25) is 9.59 Å². The molecular weight excluding hydrogens is 470 g/mol. The molecule has 0 aliphatic carbocycles. The molecule has 1 atom stereocenters. The lowest BCUT2D eigenvalue weighted by Crippen LogP contribution is -2.40. The van der Waals surface area contributed by atoms with Crippen LogP contribution >= 0.6 is 0 Å². The predicted molar refractivity (Wildman–Crippen MR) is 143 cm³/mol. The van der Waals surface area contributed by atoms with Gasteiger partial charge in [0.25, 0.3) is 5.56 Å². The molecule has 1 fully saturated rings. The summed E-state index contributed by atoms with van der Waals surface area (Å²) in [6.07, 6.45) is 4.87. The first-order valence-corrected chi connectivity index (χ1v) is 12.1. The Morgan fingerprint density at radius 2 is 2.08 bits per heavy atom. The van der Waals surface area contributed by atoms with E-state index in [0.717, 1.165) is 29.5 Å². The van der Waals surface area contributed by atoms with E-state index in [1.54, 1.807) is 12.0 Å². The molecule has 0 bridgehead atoms. The van der Waals surface area contributed by atoms with Gasteiger partial charge in [-0.05, 0) is 61.2 Å². The minimum atomic E-state index is -0.339. The number of hydrogen-bond acceptors (Lipinski definition) is 6. The second-order valence-electron chi connectivity index (χ2n) is 9.18. The van der Waals surface area contributed by atoms with Crippen molar-refractivity contribution < 1.29 is 14.3 Å². The summed E-state index contributed by atoms with van der Waals surface area (Å²) in [4.78, 5) is 27.0. The first kappa shape index (κ1) is 24.2. The van der Waals surface area contributed by atoms with E-state index in [4.69, 9.17) is 15.2 Å². The van der Waals surface area contributed by atoms with E-state index >= 15 is 0 Å². The number of piperidine rings is 1. The maximum atomic E-state index is 13.0. The fraction of sp³-hybridized carbons (Fsp3) is 0.250. The van der Waals surface area contributed by atoms with Crippen LogP contribution in [0.1, 0.15) is 24.4 Å². The zero-order valence-electron chi connectivity index (χ0n) is 20.9. The van der Waals surface area contributed by atoms with Gasteiger partial charge < -0.3 is 24.7 Å². The number of fused-ring (bicyclic) bond motifs is 1. The number of likely N-dealkylation sites (tertiary alicyclic amines) is 1. The van der Waals surface area contributed by atoms with Crippen molar-refractivity contribution in [3.8, 4) is 28.4 Å². The summed E-state index contributed by atoms with van der Waals surface area (Å²) in [6, 6.07) is 13.3. The molecule has 0 radical (unpaired) electrons. The number of nitrogens with two attached hydrogens (primary N) is 1. The lowest BCUT2D eigenvalue weighted by atomic mass is 10.0. The number of ether oxygens (including phenoxy) is 2. The number of nitrogens with zero attached hydrogens (tertiary/aromatic N) is 3. The van der Waals surface area contributed by atoms with Crippen molar-refractivity contribution >= 4 is 22.6 Å². The Bertz CT molecular complexity index is 1550. The Kier molecular flexibility index (Phi) is 6.43. The van der Waals surface area contributed by atoms with E-state index in [1.165, 1.54) is 6.08 Å². The van der Waals surface area contributed by atoms with Crippen molar-refractivity contribution in [2.24, 2.45) is 0 Å². The van der Waals surface area contributed by atoms with Crippen LogP contribution in [0.5, 0.6) is 17.2 Å². The van der Waals surface area contributed by atoms with Crippen LogP contribution in [-0.2, 0) is 4.79 Å². The van der Waals surface area contributed by atoms with Gasteiger partial charge in [0.05, 0.1) is 18.5 Å². The van der Waals surface area contributed by atoms with Gasteiger partial charge in [0.15, 0.2) is 17.3 Å². The smallest absolute Gasteiger partial charge is 0.288 e. The van der Waals surface area contributed by atoms with Crippen LogP contribution in [0.15, 0.2) is 66.1 Å². The largest absolute Gasteiger partial charge is 0.493 e. The molecule has 4 aromatic rings. The fourth-order valence-corrected chi connectivity index (χ4v) is 4.98. The Labute approximate surface area is 214 Å². The molecule has 1 aliphatic heterocycles. The van der Waals surface area contributed by atoms with E-state index < -0.39 is 0 Å². The number of carbonyl (C=O) groups is 1. The van der Waals surface area contributed by atoms with Gasteiger partial charge in [-0.25, -0.2) is 5.10 Å². The number of benzene rings is 2. The first-order chi connectivity index (χ1) is 17.9. The van der Waals surface area contributed by atoms with Crippen molar-refractivity contribution in [3.63, 3.8) is 0 Å². The van der Waals surface area contributed by atoms with Gasteiger partial charge in [-0.1, -0.05) is 24.8 Å². The van der Waals surface area contributed by atoms with Crippen LogP contribution in [-0.4, -0.2) is 45.8 Å². The summed E-state index contributed by atoms with van der Waals surface area (Å²) in [6.45, 7) is 6.74. The maximum absolute atomic E-state index is 13.0. The molecule has 1 unspecified atom stereocenters. The van der Waals surface area contributed by atoms with E-state index in [0.29, 0.717) is 41.2 Å². The molecule has 1 amide bonds. The van der Waals surface area contributed by atoms with Crippen LogP contribution < -0.4 is 20.8 Å². The molecule has 9 nitrogen and oxygen atoms in total. The molecule has 3 heterocycles. The van der Waals surface area contributed by atoms with Gasteiger partial charge in [0.1, 0.15) is 11.3 Å². The molecule has 3 N–H and O–H groups in total. The van der Waals surface area contributed by atoms with Crippen LogP contribution in [0.2, 0.25) is 0 Å². The minimum absolute atomic E-state index is 0.0948. The molecule has 1 saturated heterocycles. The van der Waals surface area contributed by atoms with Crippen molar-refractivity contribution in [3.05, 3.63) is 77.2 Å². The van der Waals surface area contributed by atoms with Gasteiger partial charge in [-0.2, -0.15) is 5.10 Å². The second kappa shape index (κ2) is 9.85. The highest BCUT2D eigenvalue weighted by atomic mass is 16.5. The number of anilines is 1. The Hall–Kier alpha value is -4.53. The number of nitrogen functional groups attached to an aromatic ring is 1. The topological polar surface area (TPSA) is 115 Å². The quantitative estimate of drug-likeness (QED) is 0.379. The Balaban J connectivity index is 1.59. The molecule has 2 aromatic heterocycles. The molecular formula is C28H29N5O4. The third-order valence-electron chi connectivity index (χ3n) is 6.75. The van der Waals surface area contributed by atoms with Crippen LogP contribution in [0.3, 0.4) is 0 Å². The standard InChI is InChI=1S/C28H29N5O4/c1-4-24(34)32-12-6-8-19(15-32)33-16-21(25-26(33)28(35)31-30-27(25)29)18-10-11-22(23(14-18)36-3)37-20-9-5-7-17(2)13-20/h4-5,7,9-11,13-14,16,19H,1,6,8,12,15H2,2-3H3,(H2,29,30)(H,31,35). The number of aromatic amines is 1. The molecule has 0 spiro atoms. The maximum Gasteiger partial charge on any atom is 0.288 e. The van der Waals surface area contributed by atoms with Crippen molar-refractivity contribution in [1.29, 1.82) is 0 Å². The number of carbonyl (C=O) groups excluding carboxylic acids is 1. The molecule has 1 aliphatic rings. The summed E-state index contributed by atoms with van der Waals surface area (Å²) in [5, 5.41) is 7.09. The lowest BCUT2D eigenvalue weighted by molar-refractivity contribution is -0.127. The molecule has 37 heavy (non-hydrogen) atoms. The Morgan fingerprint density at radius 3 is 2.84 bits per heavy atom. The fourth-order valence-electron chi connectivity index (χ4n) is 4.98. The van der Waals surface area contributed by atoms with Crippen LogP contribution in [0.25, 0.3) is 22.0 Å². The van der Waals surface area contributed by atoms with E-state index in [9.17, 15) is 9.59 Å². The van der Waals surface area contributed by atoms with Gasteiger partial charge >= 0.3 is 0 Å². The summed E-state index contributed by atoms with van der Waals surface area (Å²) < 4.78 is 13.7. The van der Waals surface area contributed by atoms with Crippen LogP contribution in [0, 0.1) is 6.92 Å². The van der Waals surface area contributed by atoms with Gasteiger partial charge in [0.2, 0.25) is 5.91 Å². The molecule has 2 aromatic carbocycles. The number of methoxy groups -OCH3 is 1.